The average Bonchev–Trinajstić information content (AvgIpc) is 2.95. The number of anilines is 1. The van der Waals surface area contributed by atoms with Crippen LogP contribution < -0.4 is 5.32 Å². The first-order valence-corrected chi connectivity index (χ1v) is 13.1. The van der Waals surface area contributed by atoms with Crippen LogP contribution in [0, 0.1) is 5.92 Å². The van der Waals surface area contributed by atoms with Crippen molar-refractivity contribution >= 4 is 29.4 Å². The number of ether oxygens (including phenoxy) is 2. The smallest absolute Gasteiger partial charge is 0.303 e. The molecule has 9 heteroatoms. The van der Waals surface area contributed by atoms with E-state index in [1.165, 1.54) is 5.01 Å². The number of carboxylic acids is 1. The Morgan fingerprint density at radius 1 is 1.05 bits per heavy atom. The van der Waals surface area contributed by atoms with Crippen LogP contribution in [0.5, 0.6) is 0 Å². The molecule has 0 saturated heterocycles. The van der Waals surface area contributed by atoms with Crippen molar-refractivity contribution in [3.05, 3.63) is 101 Å². The molecule has 1 heterocycles. The second-order valence-corrected chi connectivity index (χ2v) is 9.75. The maximum atomic E-state index is 13.5. The van der Waals surface area contributed by atoms with E-state index in [0.29, 0.717) is 24.6 Å². The lowest BCUT2D eigenvalue weighted by Gasteiger charge is -2.25. The molecular formula is C31H33N3O6. The van der Waals surface area contributed by atoms with E-state index in [1.807, 2.05) is 67.6 Å². The summed E-state index contributed by atoms with van der Waals surface area (Å²) in [6.45, 7) is 2.53. The molecule has 4 rings (SSSR count). The van der Waals surface area contributed by atoms with Gasteiger partial charge >= 0.3 is 5.97 Å². The van der Waals surface area contributed by atoms with Crippen molar-refractivity contribution in [2.75, 3.05) is 25.6 Å². The number of carboxylic acid groups (broad SMARTS) is 1. The highest BCUT2D eigenvalue weighted by molar-refractivity contribution is 5.98. The van der Waals surface area contributed by atoms with Gasteiger partial charge in [0.25, 0.3) is 5.91 Å². The second kappa shape index (κ2) is 13.5. The molecule has 0 aliphatic carbocycles. The molecule has 2 unspecified atom stereocenters. The molecule has 1 aliphatic rings. The van der Waals surface area contributed by atoms with E-state index in [2.05, 4.69) is 10.4 Å². The lowest BCUT2D eigenvalue weighted by Crippen LogP contribution is -2.36. The molecule has 2 N–H and O–H groups in total. The summed E-state index contributed by atoms with van der Waals surface area (Å²) in [6.07, 6.45) is 0.402. The van der Waals surface area contributed by atoms with Crippen LogP contribution in [0.3, 0.4) is 0 Å². The number of benzene rings is 3. The van der Waals surface area contributed by atoms with E-state index in [0.717, 1.165) is 22.3 Å². The van der Waals surface area contributed by atoms with Crippen molar-refractivity contribution in [1.29, 1.82) is 0 Å². The van der Waals surface area contributed by atoms with Crippen LogP contribution in [0.25, 0.3) is 0 Å². The summed E-state index contributed by atoms with van der Waals surface area (Å²) in [7, 11) is 1.60. The van der Waals surface area contributed by atoms with Gasteiger partial charge in [0.15, 0.2) is 6.61 Å². The predicted molar refractivity (Wildman–Crippen MR) is 151 cm³/mol. The number of carbonyl (C=O) groups is 3. The second-order valence-electron chi connectivity index (χ2n) is 9.75. The topological polar surface area (TPSA) is 118 Å². The number of nitrogens with zero attached hydrogens (tertiary/aromatic N) is 2. The van der Waals surface area contributed by atoms with Gasteiger partial charge in [0.2, 0.25) is 11.8 Å². The van der Waals surface area contributed by atoms with E-state index < -0.39 is 11.9 Å². The highest BCUT2D eigenvalue weighted by atomic mass is 16.5. The summed E-state index contributed by atoms with van der Waals surface area (Å²) in [5.74, 6) is -1.51. The fraction of sp³-hybridized carbons (Fsp3) is 0.290. The van der Waals surface area contributed by atoms with Crippen molar-refractivity contribution in [2.24, 2.45) is 11.0 Å². The number of hydrogen-bond acceptors (Lipinski definition) is 6. The van der Waals surface area contributed by atoms with Gasteiger partial charge in [-0.1, -0.05) is 61.5 Å². The summed E-state index contributed by atoms with van der Waals surface area (Å²) in [4.78, 5) is 36.9. The molecule has 0 spiro atoms. The van der Waals surface area contributed by atoms with E-state index >= 15 is 0 Å². The Labute approximate surface area is 233 Å². The van der Waals surface area contributed by atoms with Gasteiger partial charge in [-0.3, -0.25) is 14.4 Å². The van der Waals surface area contributed by atoms with Gasteiger partial charge in [-0.2, -0.15) is 0 Å². The minimum Gasteiger partial charge on any atom is -0.481 e. The highest BCUT2D eigenvalue weighted by Crippen LogP contribution is 2.28. The molecule has 0 saturated carbocycles. The Balaban J connectivity index is 1.49. The Morgan fingerprint density at radius 3 is 2.50 bits per heavy atom. The zero-order valence-corrected chi connectivity index (χ0v) is 22.6. The zero-order chi connectivity index (χ0) is 28.5. The van der Waals surface area contributed by atoms with E-state index in [1.54, 1.807) is 25.3 Å². The number of hydrazone groups is 1. The third-order valence-electron chi connectivity index (χ3n) is 6.63. The molecule has 3 aromatic rings. The number of aryl methyl sites for hydroxylation is 1. The minimum absolute atomic E-state index is 0.0200. The molecular weight excluding hydrogens is 510 g/mol. The molecule has 9 nitrogen and oxygen atoms in total. The molecule has 1 aliphatic heterocycles. The summed E-state index contributed by atoms with van der Waals surface area (Å²) < 4.78 is 10.9. The van der Waals surface area contributed by atoms with Crippen LogP contribution in [-0.2, 0) is 36.8 Å². The van der Waals surface area contributed by atoms with Gasteiger partial charge in [-0.05, 0) is 53.3 Å². The third-order valence-corrected chi connectivity index (χ3v) is 6.63. The Kier molecular flexibility index (Phi) is 9.64. The molecule has 0 radical (unpaired) electrons. The summed E-state index contributed by atoms with van der Waals surface area (Å²) >= 11 is 0. The average molecular weight is 544 g/mol. The SMILES string of the molecule is COCC(C)C(C(=O)Nc1cccc(CCC(=O)O)c1)c1ccc(CN2N=C(c3ccccc3)OCC2=O)cc1. The Bertz CT molecular complexity index is 1360. The molecule has 3 aromatic carbocycles. The van der Waals surface area contributed by atoms with Gasteiger partial charge in [0, 0.05) is 31.4 Å². The van der Waals surface area contributed by atoms with Crippen LogP contribution in [-0.4, -0.2) is 54.1 Å². The van der Waals surface area contributed by atoms with E-state index in [9.17, 15) is 14.4 Å². The number of amides is 2. The normalized spacial score (nSPS) is 14.6. The lowest BCUT2D eigenvalue weighted by molar-refractivity contribution is -0.137. The fourth-order valence-electron chi connectivity index (χ4n) is 4.62. The number of carbonyl (C=O) groups excluding carboxylic acids is 2. The van der Waals surface area contributed by atoms with Crippen LogP contribution in [0.2, 0.25) is 0 Å². The predicted octanol–water partition coefficient (Wildman–Crippen LogP) is 4.43. The van der Waals surface area contributed by atoms with Crippen LogP contribution >= 0.6 is 0 Å². The molecule has 0 aromatic heterocycles. The molecule has 2 atom stereocenters. The molecule has 208 valence electrons. The van der Waals surface area contributed by atoms with Crippen molar-refractivity contribution in [3.8, 4) is 0 Å². The summed E-state index contributed by atoms with van der Waals surface area (Å²) in [6, 6.07) is 24.2. The number of rotatable bonds is 12. The summed E-state index contributed by atoms with van der Waals surface area (Å²) in [5, 5.41) is 17.8. The highest BCUT2D eigenvalue weighted by Gasteiger charge is 2.28. The van der Waals surface area contributed by atoms with Crippen LogP contribution in [0.15, 0.2) is 84.0 Å². The van der Waals surface area contributed by atoms with Gasteiger partial charge in [0.05, 0.1) is 12.5 Å². The van der Waals surface area contributed by atoms with E-state index in [-0.39, 0.29) is 37.3 Å². The maximum absolute atomic E-state index is 13.5. The molecule has 2 amide bonds. The Morgan fingerprint density at radius 2 is 1.80 bits per heavy atom. The fourth-order valence-corrected chi connectivity index (χ4v) is 4.62. The quantitative estimate of drug-likeness (QED) is 0.349. The number of methoxy groups -OCH3 is 1. The van der Waals surface area contributed by atoms with Crippen LogP contribution in [0.1, 0.15) is 41.5 Å². The van der Waals surface area contributed by atoms with E-state index in [4.69, 9.17) is 14.6 Å². The first-order chi connectivity index (χ1) is 19.3. The van der Waals surface area contributed by atoms with Crippen molar-refractivity contribution in [3.63, 3.8) is 0 Å². The number of nitrogens with one attached hydrogen (secondary N) is 1. The van der Waals surface area contributed by atoms with Crippen molar-refractivity contribution in [2.45, 2.75) is 32.2 Å². The first kappa shape index (κ1) is 28.5. The number of aliphatic carboxylic acids is 1. The van der Waals surface area contributed by atoms with Crippen LogP contribution in [0.4, 0.5) is 5.69 Å². The van der Waals surface area contributed by atoms with Gasteiger partial charge in [-0.15, -0.1) is 5.10 Å². The first-order valence-electron chi connectivity index (χ1n) is 13.1. The standard InChI is InChI=1S/C31H33N3O6/c1-21(19-39-2)29(30(38)32-26-10-6-7-22(17-26)13-16-28(36)37)24-14-11-23(12-15-24)18-34-27(35)20-40-31(33-34)25-8-4-3-5-9-25/h3-12,14-15,17,21,29H,13,16,18-20H2,1-2H3,(H,32,38)(H,36,37). The molecule has 0 fully saturated rings. The summed E-state index contributed by atoms with van der Waals surface area (Å²) in [5.41, 5.74) is 3.91. The third kappa shape index (κ3) is 7.54. The molecule has 40 heavy (non-hydrogen) atoms. The monoisotopic (exact) mass is 543 g/mol. The Hall–Kier alpha value is -4.50. The van der Waals surface area contributed by atoms with Crippen molar-refractivity contribution in [1.82, 2.24) is 5.01 Å². The van der Waals surface area contributed by atoms with Gasteiger partial charge in [0.1, 0.15) is 0 Å². The lowest BCUT2D eigenvalue weighted by atomic mass is 9.86. The minimum atomic E-state index is -0.868. The maximum Gasteiger partial charge on any atom is 0.303 e. The number of hydrogen-bond donors (Lipinski definition) is 2. The zero-order valence-electron chi connectivity index (χ0n) is 22.6. The molecule has 0 bridgehead atoms. The van der Waals surface area contributed by atoms with Crippen molar-refractivity contribution < 1.29 is 29.0 Å². The largest absolute Gasteiger partial charge is 0.481 e. The van der Waals surface area contributed by atoms with Gasteiger partial charge in [-0.25, -0.2) is 5.01 Å². The van der Waals surface area contributed by atoms with Gasteiger partial charge < -0.3 is 19.9 Å².